The zero-order chi connectivity index (χ0) is 35.9. The van der Waals surface area contributed by atoms with Crippen LogP contribution in [0.4, 0.5) is 0 Å². The van der Waals surface area contributed by atoms with E-state index in [9.17, 15) is 0 Å². The Balaban J connectivity index is 3.04. The first-order valence-corrected chi connectivity index (χ1v) is 21.8. The maximum atomic E-state index is 5.68. The summed E-state index contributed by atoms with van der Waals surface area (Å²) in [5.74, 6) is 0. The summed E-state index contributed by atoms with van der Waals surface area (Å²) in [7, 11) is 0. The van der Waals surface area contributed by atoms with E-state index in [1.54, 1.807) is 0 Å². The molecule has 0 rings (SSSR count). The minimum absolute atomic E-state index is 0.535. The van der Waals surface area contributed by atoms with Crippen molar-refractivity contribution in [1.82, 2.24) is 0 Å². The Kier molecular flexibility index (Phi) is 49.7. The van der Waals surface area contributed by atoms with E-state index in [4.69, 9.17) is 47.4 Å². The second-order valence-electron chi connectivity index (χ2n) is 12.5. The van der Waals surface area contributed by atoms with Gasteiger partial charge in [-0.15, -0.1) is 0 Å². The molecule has 0 amide bonds. The van der Waals surface area contributed by atoms with Gasteiger partial charge in [-0.1, -0.05) is 119 Å². The highest BCUT2D eigenvalue weighted by atomic mass is 127. The topological polar surface area (TPSA) is 92.3 Å². The van der Waals surface area contributed by atoms with Gasteiger partial charge in [0.2, 0.25) is 0 Å². The van der Waals surface area contributed by atoms with E-state index in [0.717, 1.165) is 26.1 Å². The number of rotatable bonds is 47. The highest BCUT2D eigenvalue weighted by Crippen LogP contribution is 2.12. The summed E-state index contributed by atoms with van der Waals surface area (Å²) in [6.07, 6.45) is 22.8. The molecule has 11 heteroatoms. The van der Waals surface area contributed by atoms with E-state index in [-0.39, 0.29) is 0 Å². The van der Waals surface area contributed by atoms with Gasteiger partial charge in [-0.25, -0.2) is 0 Å². The number of hydrogen-bond donors (Lipinski definition) is 0. The molecule has 0 aromatic rings. The lowest BCUT2D eigenvalue weighted by molar-refractivity contribution is -0.0264. The molecule has 0 saturated carbocycles. The molecule has 0 N–H and O–H groups in total. The molecule has 0 aliphatic rings. The van der Waals surface area contributed by atoms with Gasteiger partial charge in [-0.3, -0.25) is 0 Å². The van der Waals surface area contributed by atoms with Gasteiger partial charge in [0.25, 0.3) is 0 Å². The first kappa shape index (κ1) is 50.3. The van der Waals surface area contributed by atoms with Gasteiger partial charge in [0.15, 0.2) is 0 Å². The molecule has 50 heavy (non-hydrogen) atoms. The molecule has 0 aromatic heterocycles. The molecule has 0 aliphatic carbocycles. The number of ether oxygens (including phenoxy) is 10. The number of hydrogen-bond acceptors (Lipinski definition) is 10. The summed E-state index contributed by atoms with van der Waals surface area (Å²) in [5, 5.41) is 0. The monoisotopic (exact) mass is 834 g/mol. The molecule has 0 aromatic carbocycles. The van der Waals surface area contributed by atoms with Crippen molar-refractivity contribution in [2.24, 2.45) is 0 Å². The van der Waals surface area contributed by atoms with Crippen LogP contribution in [-0.2, 0) is 47.4 Å². The summed E-state index contributed by atoms with van der Waals surface area (Å²) in [4.78, 5) is 0. The first-order chi connectivity index (χ1) is 24.9. The summed E-state index contributed by atoms with van der Waals surface area (Å²) in [6.45, 7) is 14.2. The normalized spacial score (nSPS) is 11.6. The van der Waals surface area contributed by atoms with Gasteiger partial charge in [-0.2, -0.15) is 0 Å². The lowest BCUT2D eigenvalue weighted by Crippen LogP contribution is -2.15. The quantitative estimate of drug-likeness (QED) is 0.0339. The minimum Gasteiger partial charge on any atom is -0.379 e. The Hall–Kier alpha value is 0.330. The van der Waals surface area contributed by atoms with Crippen LogP contribution in [0.25, 0.3) is 0 Å². The van der Waals surface area contributed by atoms with E-state index in [1.807, 2.05) is 0 Å². The molecule has 0 bridgehead atoms. The van der Waals surface area contributed by atoms with Crippen molar-refractivity contribution in [3.05, 3.63) is 0 Å². The predicted molar refractivity (Wildman–Crippen MR) is 211 cm³/mol. The summed E-state index contributed by atoms with van der Waals surface area (Å²) < 4.78 is 56.7. The van der Waals surface area contributed by atoms with Crippen LogP contribution < -0.4 is 0 Å². The first-order valence-electron chi connectivity index (χ1n) is 20.2. The lowest BCUT2D eigenvalue weighted by Gasteiger charge is -2.09. The second kappa shape index (κ2) is 49.3. The van der Waals surface area contributed by atoms with E-state index in [1.165, 1.54) is 101 Å². The Morgan fingerprint density at radius 2 is 0.400 bits per heavy atom. The average Bonchev–Trinajstić information content (AvgIpc) is 3.13. The van der Waals surface area contributed by atoms with Crippen molar-refractivity contribution in [3.63, 3.8) is 0 Å². The van der Waals surface area contributed by atoms with Gasteiger partial charge < -0.3 is 47.4 Å². The van der Waals surface area contributed by atoms with Crippen LogP contribution in [0.3, 0.4) is 0 Å². The third-order valence-corrected chi connectivity index (χ3v) is 8.68. The SMILES string of the molecule is CCCCCCCCCCCCCCCOCCOCCOCCOCCOCCOCCOCCOCCOCCOCCCCCCI. The van der Waals surface area contributed by atoms with E-state index < -0.39 is 0 Å². The van der Waals surface area contributed by atoms with Crippen LogP contribution in [0.2, 0.25) is 0 Å². The van der Waals surface area contributed by atoms with Crippen molar-refractivity contribution < 1.29 is 47.4 Å². The molecule has 0 heterocycles. The highest BCUT2D eigenvalue weighted by Gasteiger charge is 1.98. The van der Waals surface area contributed by atoms with Crippen LogP contribution in [0.5, 0.6) is 0 Å². The predicted octanol–water partition coefficient (Wildman–Crippen LogP) is 8.24. The molecule has 0 radical (unpaired) electrons. The largest absolute Gasteiger partial charge is 0.379 e. The third-order valence-electron chi connectivity index (χ3n) is 7.91. The molecule has 302 valence electrons. The van der Waals surface area contributed by atoms with Gasteiger partial charge in [-0.05, 0) is 23.7 Å². The summed E-state index contributed by atoms with van der Waals surface area (Å²) in [5.41, 5.74) is 0. The standard InChI is InChI=1S/C39H79IO10/c1-2-3-4-5-6-7-8-9-10-11-12-14-17-20-41-22-24-43-26-28-45-30-32-47-34-36-49-38-39-50-37-35-48-33-31-46-29-27-44-25-23-42-21-18-15-13-16-19-40/h2-39H2,1H3. The fraction of sp³-hybridized carbons (Fsp3) is 1.00. The highest BCUT2D eigenvalue weighted by molar-refractivity contribution is 14.1. The van der Waals surface area contributed by atoms with Crippen LogP contribution in [0.15, 0.2) is 0 Å². The van der Waals surface area contributed by atoms with Crippen molar-refractivity contribution in [1.29, 1.82) is 0 Å². The molecular weight excluding hydrogens is 755 g/mol. The van der Waals surface area contributed by atoms with Crippen molar-refractivity contribution >= 4 is 22.6 Å². The average molecular weight is 835 g/mol. The number of unbranched alkanes of at least 4 members (excludes halogenated alkanes) is 15. The van der Waals surface area contributed by atoms with E-state index in [2.05, 4.69) is 29.5 Å². The Labute approximate surface area is 321 Å². The molecular formula is C39H79IO10. The van der Waals surface area contributed by atoms with Crippen LogP contribution in [0.1, 0.15) is 116 Å². The molecule has 0 spiro atoms. The lowest BCUT2D eigenvalue weighted by atomic mass is 10.0. The third kappa shape index (κ3) is 48.3. The van der Waals surface area contributed by atoms with Gasteiger partial charge in [0.1, 0.15) is 0 Å². The maximum absolute atomic E-state index is 5.68. The summed E-state index contributed by atoms with van der Waals surface area (Å²) >= 11 is 2.42. The number of halogens is 1. The summed E-state index contributed by atoms with van der Waals surface area (Å²) in [6, 6.07) is 0. The maximum Gasteiger partial charge on any atom is 0.0701 e. The Morgan fingerprint density at radius 3 is 0.620 bits per heavy atom. The molecule has 0 aliphatic heterocycles. The fourth-order valence-corrected chi connectivity index (χ4v) is 5.49. The Bertz CT molecular complexity index is 531. The molecule has 10 nitrogen and oxygen atoms in total. The second-order valence-corrected chi connectivity index (χ2v) is 13.5. The van der Waals surface area contributed by atoms with Crippen LogP contribution in [-0.4, -0.2) is 137 Å². The minimum atomic E-state index is 0.535. The van der Waals surface area contributed by atoms with Gasteiger partial charge >= 0.3 is 0 Å². The smallest absolute Gasteiger partial charge is 0.0701 e. The van der Waals surface area contributed by atoms with Crippen LogP contribution >= 0.6 is 22.6 Å². The van der Waals surface area contributed by atoms with Gasteiger partial charge in [0.05, 0.1) is 119 Å². The van der Waals surface area contributed by atoms with E-state index in [0.29, 0.717) is 119 Å². The van der Waals surface area contributed by atoms with Gasteiger partial charge in [0, 0.05) is 13.2 Å². The van der Waals surface area contributed by atoms with Crippen molar-refractivity contribution in [2.75, 3.05) is 137 Å². The molecule has 0 saturated heterocycles. The molecule has 0 fully saturated rings. The number of alkyl halides is 1. The molecule has 0 unspecified atom stereocenters. The fourth-order valence-electron chi connectivity index (χ4n) is 4.96. The van der Waals surface area contributed by atoms with E-state index >= 15 is 0 Å². The Morgan fingerprint density at radius 1 is 0.220 bits per heavy atom. The van der Waals surface area contributed by atoms with Crippen molar-refractivity contribution in [3.8, 4) is 0 Å². The molecule has 0 atom stereocenters. The zero-order valence-electron chi connectivity index (χ0n) is 32.3. The zero-order valence-corrected chi connectivity index (χ0v) is 34.5. The van der Waals surface area contributed by atoms with Crippen LogP contribution in [0, 0.1) is 0 Å². The van der Waals surface area contributed by atoms with Crippen molar-refractivity contribution in [2.45, 2.75) is 116 Å².